The second kappa shape index (κ2) is 7.43. The van der Waals surface area contributed by atoms with Crippen LogP contribution in [-0.4, -0.2) is 35.4 Å². The zero-order valence-electron chi connectivity index (χ0n) is 13.5. The quantitative estimate of drug-likeness (QED) is 0.873. The van der Waals surface area contributed by atoms with E-state index >= 15 is 0 Å². The molecule has 4 heteroatoms. The minimum atomic E-state index is 0.157. The normalized spacial score (nSPS) is 18.0. The third-order valence-electron chi connectivity index (χ3n) is 4.12. The van der Waals surface area contributed by atoms with Crippen LogP contribution in [0, 0.1) is 5.92 Å². The number of aromatic nitrogens is 1. The van der Waals surface area contributed by atoms with Crippen molar-refractivity contribution in [3.05, 3.63) is 23.4 Å². The van der Waals surface area contributed by atoms with Gasteiger partial charge in [-0.25, -0.2) is 4.98 Å². The number of pyridine rings is 1. The Labute approximate surface area is 127 Å². The summed E-state index contributed by atoms with van der Waals surface area (Å²) in [6.07, 6.45) is 4.42. The lowest BCUT2D eigenvalue weighted by Gasteiger charge is -2.17. The number of hydrogen-bond acceptors (Lipinski definition) is 3. The predicted octanol–water partition coefficient (Wildman–Crippen LogP) is 3.34. The molecular weight excluding hydrogens is 262 g/mol. The van der Waals surface area contributed by atoms with Gasteiger partial charge in [0.15, 0.2) is 0 Å². The fraction of sp³-hybridized carbons (Fsp3) is 0.647. The van der Waals surface area contributed by atoms with E-state index < -0.39 is 0 Å². The fourth-order valence-corrected chi connectivity index (χ4v) is 3.01. The van der Waals surface area contributed by atoms with Crippen LogP contribution in [0.15, 0.2) is 12.1 Å². The summed E-state index contributed by atoms with van der Waals surface area (Å²) in [6, 6.07) is 3.83. The summed E-state index contributed by atoms with van der Waals surface area (Å²) >= 11 is 0. The van der Waals surface area contributed by atoms with Crippen LogP contribution in [0.3, 0.4) is 0 Å². The van der Waals surface area contributed by atoms with Gasteiger partial charge in [0.25, 0.3) is 5.91 Å². The van der Waals surface area contributed by atoms with Crippen LogP contribution < -0.4 is 5.32 Å². The summed E-state index contributed by atoms with van der Waals surface area (Å²) in [5.41, 5.74) is 1.75. The standard InChI is InChI=1S/C17H27N3O/c1-4-7-13-8-9-20(12-13)17(21)14-10-15(5-2)19-16(11-14)18-6-3/h10-11,13H,4-9,12H2,1-3H3,(H,18,19). The number of carbonyl (C=O) groups excluding carboxylic acids is 1. The maximum absolute atomic E-state index is 12.7. The average molecular weight is 289 g/mol. The lowest BCUT2D eigenvalue weighted by atomic mass is 10.0. The van der Waals surface area contributed by atoms with Crippen LogP contribution in [0.5, 0.6) is 0 Å². The molecule has 1 aromatic rings. The van der Waals surface area contributed by atoms with E-state index in [-0.39, 0.29) is 5.91 Å². The molecule has 0 spiro atoms. The number of nitrogens with one attached hydrogen (secondary N) is 1. The van der Waals surface area contributed by atoms with Crippen molar-refractivity contribution in [2.75, 3.05) is 25.0 Å². The Hall–Kier alpha value is -1.58. The monoisotopic (exact) mass is 289 g/mol. The smallest absolute Gasteiger partial charge is 0.254 e. The van der Waals surface area contributed by atoms with Gasteiger partial charge >= 0.3 is 0 Å². The van der Waals surface area contributed by atoms with E-state index in [1.54, 1.807) is 0 Å². The van der Waals surface area contributed by atoms with Crippen LogP contribution in [0.25, 0.3) is 0 Å². The summed E-state index contributed by atoms with van der Waals surface area (Å²) in [5.74, 6) is 1.65. The summed E-state index contributed by atoms with van der Waals surface area (Å²) in [6.45, 7) is 8.94. The molecule has 1 atom stereocenters. The van der Waals surface area contributed by atoms with Gasteiger partial charge in [-0.3, -0.25) is 4.79 Å². The van der Waals surface area contributed by atoms with Crippen LogP contribution >= 0.6 is 0 Å². The first-order valence-corrected chi connectivity index (χ1v) is 8.22. The van der Waals surface area contributed by atoms with Gasteiger partial charge in [-0.2, -0.15) is 0 Å². The summed E-state index contributed by atoms with van der Waals surface area (Å²) in [5, 5.41) is 3.22. The van der Waals surface area contributed by atoms with Gasteiger partial charge < -0.3 is 10.2 Å². The molecule has 1 fully saturated rings. The molecule has 1 aromatic heterocycles. The topological polar surface area (TPSA) is 45.2 Å². The zero-order chi connectivity index (χ0) is 15.2. The molecule has 0 saturated carbocycles. The molecule has 1 unspecified atom stereocenters. The van der Waals surface area contributed by atoms with E-state index in [0.717, 1.165) is 49.6 Å². The highest BCUT2D eigenvalue weighted by atomic mass is 16.2. The van der Waals surface area contributed by atoms with E-state index in [0.29, 0.717) is 5.92 Å². The molecule has 0 aliphatic carbocycles. The van der Waals surface area contributed by atoms with Crippen molar-refractivity contribution >= 4 is 11.7 Å². The molecule has 1 aliphatic heterocycles. The van der Waals surface area contributed by atoms with E-state index in [2.05, 4.69) is 24.1 Å². The molecule has 21 heavy (non-hydrogen) atoms. The SMILES string of the molecule is CCCC1CCN(C(=O)c2cc(CC)nc(NCC)c2)C1. The van der Waals surface area contributed by atoms with Crippen molar-refractivity contribution in [1.29, 1.82) is 0 Å². The Bertz CT molecular complexity index is 487. The molecule has 1 amide bonds. The Balaban J connectivity index is 2.13. The first-order chi connectivity index (χ1) is 10.2. The Morgan fingerprint density at radius 2 is 2.19 bits per heavy atom. The lowest BCUT2D eigenvalue weighted by Crippen LogP contribution is -2.29. The molecule has 116 valence electrons. The van der Waals surface area contributed by atoms with Crippen molar-refractivity contribution in [2.45, 2.75) is 46.5 Å². The highest BCUT2D eigenvalue weighted by Gasteiger charge is 2.26. The third-order valence-corrected chi connectivity index (χ3v) is 4.12. The number of rotatable bonds is 6. The second-order valence-corrected chi connectivity index (χ2v) is 5.81. The fourth-order valence-electron chi connectivity index (χ4n) is 3.01. The largest absolute Gasteiger partial charge is 0.370 e. The highest BCUT2D eigenvalue weighted by Crippen LogP contribution is 2.23. The molecule has 0 bridgehead atoms. The number of anilines is 1. The number of carbonyl (C=O) groups is 1. The minimum absolute atomic E-state index is 0.157. The van der Waals surface area contributed by atoms with Gasteiger partial charge in [-0.15, -0.1) is 0 Å². The first kappa shape index (κ1) is 15.8. The van der Waals surface area contributed by atoms with E-state index in [9.17, 15) is 4.79 Å². The van der Waals surface area contributed by atoms with E-state index in [4.69, 9.17) is 0 Å². The molecule has 0 aromatic carbocycles. The van der Waals surface area contributed by atoms with Crippen molar-refractivity contribution in [3.8, 4) is 0 Å². The van der Waals surface area contributed by atoms with Gasteiger partial charge in [0.1, 0.15) is 5.82 Å². The first-order valence-electron chi connectivity index (χ1n) is 8.22. The van der Waals surface area contributed by atoms with E-state index in [1.807, 2.05) is 24.0 Å². The Morgan fingerprint density at radius 3 is 2.86 bits per heavy atom. The van der Waals surface area contributed by atoms with Crippen molar-refractivity contribution in [3.63, 3.8) is 0 Å². The average Bonchev–Trinajstić information content (AvgIpc) is 2.95. The predicted molar refractivity (Wildman–Crippen MR) is 86.7 cm³/mol. The highest BCUT2D eigenvalue weighted by molar-refractivity contribution is 5.95. The number of nitrogens with zero attached hydrogens (tertiary/aromatic N) is 2. The second-order valence-electron chi connectivity index (χ2n) is 5.81. The van der Waals surface area contributed by atoms with Crippen LogP contribution in [0.4, 0.5) is 5.82 Å². The third kappa shape index (κ3) is 3.96. The van der Waals surface area contributed by atoms with Gasteiger partial charge in [0.05, 0.1) is 0 Å². The molecule has 2 heterocycles. The maximum Gasteiger partial charge on any atom is 0.254 e. The van der Waals surface area contributed by atoms with Gasteiger partial charge in [0, 0.05) is 30.9 Å². The van der Waals surface area contributed by atoms with Crippen molar-refractivity contribution in [1.82, 2.24) is 9.88 Å². The number of aryl methyl sites for hydroxylation is 1. The van der Waals surface area contributed by atoms with Crippen LogP contribution in [0.1, 0.15) is 56.1 Å². The van der Waals surface area contributed by atoms with Crippen molar-refractivity contribution in [2.24, 2.45) is 5.92 Å². The van der Waals surface area contributed by atoms with Gasteiger partial charge in [0.2, 0.25) is 0 Å². The molecule has 1 aliphatic rings. The Kier molecular flexibility index (Phi) is 5.59. The molecular formula is C17H27N3O. The van der Waals surface area contributed by atoms with Gasteiger partial charge in [-0.05, 0) is 44.2 Å². The lowest BCUT2D eigenvalue weighted by molar-refractivity contribution is 0.0786. The number of amides is 1. The van der Waals surface area contributed by atoms with E-state index in [1.165, 1.54) is 12.8 Å². The zero-order valence-corrected chi connectivity index (χ0v) is 13.5. The number of likely N-dealkylation sites (tertiary alicyclic amines) is 1. The summed E-state index contributed by atoms with van der Waals surface area (Å²) in [4.78, 5) is 19.2. The van der Waals surface area contributed by atoms with Crippen LogP contribution in [0.2, 0.25) is 0 Å². The molecule has 1 N–H and O–H groups in total. The Morgan fingerprint density at radius 1 is 1.38 bits per heavy atom. The molecule has 1 saturated heterocycles. The van der Waals surface area contributed by atoms with Crippen molar-refractivity contribution < 1.29 is 4.79 Å². The maximum atomic E-state index is 12.7. The number of hydrogen-bond donors (Lipinski definition) is 1. The summed E-state index contributed by atoms with van der Waals surface area (Å²) < 4.78 is 0. The molecule has 4 nitrogen and oxygen atoms in total. The minimum Gasteiger partial charge on any atom is -0.370 e. The van der Waals surface area contributed by atoms with Gasteiger partial charge in [-0.1, -0.05) is 20.3 Å². The van der Waals surface area contributed by atoms with Crippen LogP contribution in [-0.2, 0) is 6.42 Å². The molecule has 2 rings (SSSR count). The summed E-state index contributed by atoms with van der Waals surface area (Å²) in [7, 11) is 0. The molecule has 0 radical (unpaired) electrons.